The third-order valence-corrected chi connectivity index (χ3v) is 3.60. The largest absolute Gasteiger partial charge is 0.352 e. The molecular formula is C19H20N4O2. The molecule has 0 radical (unpaired) electrons. The van der Waals surface area contributed by atoms with Crippen LogP contribution < -0.4 is 5.32 Å². The average molecular weight is 336 g/mol. The normalized spacial score (nSPS) is 9.88. The van der Waals surface area contributed by atoms with Crippen molar-refractivity contribution in [3.63, 3.8) is 0 Å². The van der Waals surface area contributed by atoms with Gasteiger partial charge in [0.2, 0.25) is 5.91 Å². The first-order valence-electron chi connectivity index (χ1n) is 8.07. The molecule has 0 bridgehead atoms. The van der Waals surface area contributed by atoms with Crippen molar-refractivity contribution in [1.29, 1.82) is 5.26 Å². The van der Waals surface area contributed by atoms with Gasteiger partial charge in [0.1, 0.15) is 0 Å². The van der Waals surface area contributed by atoms with Crippen LogP contribution >= 0.6 is 0 Å². The van der Waals surface area contributed by atoms with Gasteiger partial charge in [0.25, 0.3) is 5.91 Å². The Balaban J connectivity index is 1.86. The van der Waals surface area contributed by atoms with E-state index < -0.39 is 0 Å². The standard InChI is InChI=1S/C19H20N4O2/c20-10-5-13-23(15-16-6-4-11-21-14-16)18(24)9-12-22-19(25)17-7-2-1-3-8-17/h1-4,6-8,11,14H,5,9,12-13,15H2,(H,22,25). The van der Waals surface area contributed by atoms with Crippen LogP contribution in [0.5, 0.6) is 0 Å². The number of nitrogens with zero attached hydrogens (tertiary/aromatic N) is 3. The van der Waals surface area contributed by atoms with Crippen LogP contribution in [0.4, 0.5) is 0 Å². The van der Waals surface area contributed by atoms with E-state index in [1.807, 2.05) is 18.2 Å². The van der Waals surface area contributed by atoms with Gasteiger partial charge < -0.3 is 10.2 Å². The molecule has 1 N–H and O–H groups in total. The van der Waals surface area contributed by atoms with Gasteiger partial charge in [-0.25, -0.2) is 0 Å². The second kappa shape index (κ2) is 9.83. The van der Waals surface area contributed by atoms with E-state index >= 15 is 0 Å². The SMILES string of the molecule is N#CCCN(Cc1cccnc1)C(=O)CCNC(=O)c1ccccc1. The molecule has 2 rings (SSSR count). The number of hydrogen-bond donors (Lipinski definition) is 1. The van der Waals surface area contributed by atoms with Gasteiger partial charge in [-0.3, -0.25) is 14.6 Å². The van der Waals surface area contributed by atoms with E-state index in [1.165, 1.54) is 0 Å². The Hall–Kier alpha value is -3.20. The fourth-order valence-corrected chi connectivity index (χ4v) is 2.32. The second-order valence-corrected chi connectivity index (χ2v) is 5.46. The highest BCUT2D eigenvalue weighted by molar-refractivity contribution is 5.94. The predicted octanol–water partition coefficient (Wildman–Crippen LogP) is 2.14. The van der Waals surface area contributed by atoms with Crippen molar-refractivity contribution < 1.29 is 9.59 Å². The molecule has 128 valence electrons. The highest BCUT2D eigenvalue weighted by Crippen LogP contribution is 2.06. The molecule has 2 amide bonds. The minimum Gasteiger partial charge on any atom is -0.352 e. The topological polar surface area (TPSA) is 86.1 Å². The summed E-state index contributed by atoms with van der Waals surface area (Å²) in [6.07, 6.45) is 3.82. The van der Waals surface area contributed by atoms with Crippen LogP contribution in [0, 0.1) is 11.3 Å². The summed E-state index contributed by atoms with van der Waals surface area (Å²) in [7, 11) is 0. The van der Waals surface area contributed by atoms with E-state index in [-0.39, 0.29) is 31.2 Å². The third-order valence-electron chi connectivity index (χ3n) is 3.60. The zero-order valence-corrected chi connectivity index (χ0v) is 13.9. The lowest BCUT2D eigenvalue weighted by Gasteiger charge is -2.21. The van der Waals surface area contributed by atoms with E-state index in [0.29, 0.717) is 18.7 Å². The fraction of sp³-hybridized carbons (Fsp3) is 0.263. The van der Waals surface area contributed by atoms with Crippen molar-refractivity contribution in [2.45, 2.75) is 19.4 Å². The van der Waals surface area contributed by atoms with Crippen molar-refractivity contribution in [2.75, 3.05) is 13.1 Å². The first-order chi connectivity index (χ1) is 12.2. The number of aromatic nitrogens is 1. The number of hydrogen-bond acceptors (Lipinski definition) is 4. The fourth-order valence-electron chi connectivity index (χ4n) is 2.32. The molecule has 6 nitrogen and oxygen atoms in total. The van der Waals surface area contributed by atoms with Crippen LogP contribution in [0.1, 0.15) is 28.8 Å². The third kappa shape index (κ3) is 6.07. The first kappa shape index (κ1) is 18.1. The van der Waals surface area contributed by atoms with E-state index in [4.69, 9.17) is 5.26 Å². The average Bonchev–Trinajstić information content (AvgIpc) is 2.66. The van der Waals surface area contributed by atoms with E-state index in [0.717, 1.165) is 5.56 Å². The lowest BCUT2D eigenvalue weighted by molar-refractivity contribution is -0.131. The Bertz CT molecular complexity index is 726. The van der Waals surface area contributed by atoms with E-state index in [1.54, 1.807) is 41.6 Å². The number of carbonyl (C=O) groups is 2. The lowest BCUT2D eigenvalue weighted by atomic mass is 10.2. The van der Waals surface area contributed by atoms with E-state index in [2.05, 4.69) is 16.4 Å². The van der Waals surface area contributed by atoms with Crippen LogP contribution in [0.3, 0.4) is 0 Å². The number of benzene rings is 1. The molecular weight excluding hydrogens is 316 g/mol. The second-order valence-electron chi connectivity index (χ2n) is 5.46. The molecule has 1 heterocycles. The Morgan fingerprint density at radius 2 is 1.96 bits per heavy atom. The quantitative estimate of drug-likeness (QED) is 0.800. The summed E-state index contributed by atoms with van der Waals surface area (Å²) in [5.41, 5.74) is 1.47. The minimum absolute atomic E-state index is 0.104. The Labute approximate surface area is 147 Å². The molecule has 25 heavy (non-hydrogen) atoms. The minimum atomic E-state index is -0.204. The summed E-state index contributed by atoms with van der Waals surface area (Å²) < 4.78 is 0. The molecule has 1 aromatic carbocycles. The van der Waals surface area contributed by atoms with Gasteiger partial charge in [0.15, 0.2) is 0 Å². The van der Waals surface area contributed by atoms with Gasteiger partial charge >= 0.3 is 0 Å². The highest BCUT2D eigenvalue weighted by atomic mass is 16.2. The number of nitriles is 1. The van der Waals surface area contributed by atoms with Crippen molar-refractivity contribution in [3.05, 3.63) is 66.0 Å². The van der Waals surface area contributed by atoms with Gasteiger partial charge in [-0.2, -0.15) is 5.26 Å². The summed E-state index contributed by atoms with van der Waals surface area (Å²) in [5, 5.41) is 11.5. The summed E-state index contributed by atoms with van der Waals surface area (Å²) in [5.74, 6) is -0.309. The van der Waals surface area contributed by atoms with Gasteiger partial charge in [-0.05, 0) is 23.8 Å². The molecule has 0 atom stereocenters. The Morgan fingerprint density at radius 3 is 2.64 bits per heavy atom. The number of nitrogens with one attached hydrogen (secondary N) is 1. The maximum atomic E-state index is 12.4. The molecule has 0 aliphatic carbocycles. The molecule has 0 fully saturated rings. The van der Waals surface area contributed by atoms with Crippen LogP contribution in [0.15, 0.2) is 54.9 Å². The summed E-state index contributed by atoms with van der Waals surface area (Å²) >= 11 is 0. The smallest absolute Gasteiger partial charge is 0.251 e. The van der Waals surface area contributed by atoms with Crippen molar-refractivity contribution in [1.82, 2.24) is 15.2 Å². The summed E-state index contributed by atoms with van der Waals surface area (Å²) in [6.45, 7) is 1.01. The molecule has 0 aliphatic rings. The van der Waals surface area contributed by atoms with Gasteiger partial charge in [0, 0.05) is 44.0 Å². The molecule has 0 saturated carbocycles. The summed E-state index contributed by atoms with van der Waals surface area (Å²) in [6, 6.07) is 14.6. The van der Waals surface area contributed by atoms with Crippen LogP contribution in [0.2, 0.25) is 0 Å². The Morgan fingerprint density at radius 1 is 1.16 bits per heavy atom. The first-order valence-corrected chi connectivity index (χ1v) is 8.07. The molecule has 2 aromatic rings. The predicted molar refractivity (Wildman–Crippen MR) is 93.3 cm³/mol. The zero-order valence-electron chi connectivity index (χ0n) is 13.9. The highest BCUT2D eigenvalue weighted by Gasteiger charge is 2.14. The van der Waals surface area contributed by atoms with E-state index in [9.17, 15) is 9.59 Å². The molecule has 0 unspecified atom stereocenters. The molecule has 0 saturated heterocycles. The van der Waals surface area contributed by atoms with Crippen molar-refractivity contribution in [3.8, 4) is 6.07 Å². The number of amides is 2. The zero-order chi connectivity index (χ0) is 17.9. The van der Waals surface area contributed by atoms with Gasteiger partial charge in [-0.1, -0.05) is 24.3 Å². The maximum Gasteiger partial charge on any atom is 0.251 e. The summed E-state index contributed by atoms with van der Waals surface area (Å²) in [4.78, 5) is 30.0. The van der Waals surface area contributed by atoms with Crippen LogP contribution in [-0.2, 0) is 11.3 Å². The van der Waals surface area contributed by atoms with Crippen LogP contribution in [0.25, 0.3) is 0 Å². The van der Waals surface area contributed by atoms with Crippen molar-refractivity contribution in [2.24, 2.45) is 0 Å². The van der Waals surface area contributed by atoms with Gasteiger partial charge in [0.05, 0.1) is 12.5 Å². The number of pyridine rings is 1. The molecule has 0 aliphatic heterocycles. The number of carbonyl (C=O) groups excluding carboxylic acids is 2. The van der Waals surface area contributed by atoms with Gasteiger partial charge in [-0.15, -0.1) is 0 Å². The molecule has 1 aromatic heterocycles. The molecule has 0 spiro atoms. The van der Waals surface area contributed by atoms with Crippen LogP contribution in [-0.4, -0.2) is 34.8 Å². The monoisotopic (exact) mass is 336 g/mol. The Kier molecular flexibility index (Phi) is 7.13. The molecule has 6 heteroatoms. The maximum absolute atomic E-state index is 12.4. The van der Waals surface area contributed by atoms with Crippen molar-refractivity contribution >= 4 is 11.8 Å². The lowest BCUT2D eigenvalue weighted by Crippen LogP contribution is -2.34. The number of rotatable bonds is 8.